The standard InChI is InChI=1S/C20H22N8O3/c1-26-15-4-2-3-5-16(15)28(20(26)30)19-25-24-18(31-19)17(29)23-13-12-22-7-6-14(13)27-10-8-21-9-11-27/h2-7,12,17,21,23,29H,8-11H2,1H3. The molecule has 1 saturated heterocycles. The third kappa shape index (κ3) is 3.43. The first-order valence-corrected chi connectivity index (χ1v) is 9.98. The van der Waals surface area contributed by atoms with Gasteiger partial charge in [-0.25, -0.2) is 9.36 Å². The summed E-state index contributed by atoms with van der Waals surface area (Å²) in [5.41, 5.74) is 2.65. The molecule has 4 heterocycles. The number of rotatable bonds is 5. The lowest BCUT2D eigenvalue weighted by Gasteiger charge is -2.31. The minimum absolute atomic E-state index is 0.00818. The van der Waals surface area contributed by atoms with Crippen molar-refractivity contribution in [3.63, 3.8) is 0 Å². The van der Waals surface area contributed by atoms with Gasteiger partial charge in [-0.1, -0.05) is 17.2 Å². The molecule has 0 radical (unpaired) electrons. The Labute approximate surface area is 176 Å². The molecule has 0 spiro atoms. The number of nitrogens with zero attached hydrogens (tertiary/aromatic N) is 6. The molecule has 0 bridgehead atoms. The Balaban J connectivity index is 1.43. The Bertz CT molecular complexity index is 1270. The van der Waals surface area contributed by atoms with Crippen molar-refractivity contribution < 1.29 is 9.52 Å². The molecule has 1 aromatic carbocycles. The number of benzene rings is 1. The van der Waals surface area contributed by atoms with E-state index in [-0.39, 0.29) is 17.6 Å². The number of piperazine rings is 1. The lowest BCUT2D eigenvalue weighted by atomic mass is 10.2. The quantitative estimate of drug-likeness (QED) is 0.397. The van der Waals surface area contributed by atoms with E-state index in [1.165, 1.54) is 9.13 Å². The van der Waals surface area contributed by atoms with Crippen molar-refractivity contribution in [1.29, 1.82) is 0 Å². The van der Waals surface area contributed by atoms with E-state index in [0.29, 0.717) is 11.2 Å². The number of imidazole rings is 1. The van der Waals surface area contributed by atoms with Gasteiger partial charge in [-0.3, -0.25) is 9.55 Å². The molecule has 1 atom stereocenters. The first-order chi connectivity index (χ1) is 15.1. The normalized spacial score (nSPS) is 15.4. The number of para-hydroxylation sites is 2. The Kier molecular flexibility index (Phi) is 4.88. The molecule has 0 aliphatic carbocycles. The molecule has 4 aromatic rings. The summed E-state index contributed by atoms with van der Waals surface area (Å²) in [4.78, 5) is 19.0. The summed E-state index contributed by atoms with van der Waals surface area (Å²) in [5, 5.41) is 24.9. The highest BCUT2D eigenvalue weighted by Gasteiger charge is 2.22. The van der Waals surface area contributed by atoms with Crippen LogP contribution in [0.5, 0.6) is 0 Å². The van der Waals surface area contributed by atoms with Gasteiger partial charge in [-0.05, 0) is 18.2 Å². The third-order valence-electron chi connectivity index (χ3n) is 5.37. The number of hydrogen-bond acceptors (Lipinski definition) is 9. The van der Waals surface area contributed by atoms with Crippen LogP contribution in [-0.2, 0) is 7.05 Å². The highest BCUT2D eigenvalue weighted by Crippen LogP contribution is 2.28. The van der Waals surface area contributed by atoms with Crippen LogP contribution in [0.4, 0.5) is 11.4 Å². The lowest BCUT2D eigenvalue weighted by molar-refractivity contribution is 0.171. The molecule has 5 rings (SSSR count). The maximum absolute atomic E-state index is 12.7. The molecule has 3 N–H and O–H groups in total. The minimum atomic E-state index is -1.27. The second kappa shape index (κ2) is 7.85. The van der Waals surface area contributed by atoms with Crippen molar-refractivity contribution >= 4 is 22.4 Å². The molecule has 31 heavy (non-hydrogen) atoms. The maximum atomic E-state index is 12.7. The lowest BCUT2D eigenvalue weighted by Crippen LogP contribution is -2.43. The van der Waals surface area contributed by atoms with Crippen molar-refractivity contribution in [3.05, 3.63) is 59.1 Å². The molecular formula is C20H22N8O3. The van der Waals surface area contributed by atoms with Crippen LogP contribution in [0.2, 0.25) is 0 Å². The summed E-state index contributed by atoms with van der Waals surface area (Å²) in [6.07, 6.45) is 2.09. The molecule has 0 saturated carbocycles. The number of aliphatic hydroxyl groups is 1. The molecule has 0 amide bonds. The van der Waals surface area contributed by atoms with E-state index < -0.39 is 6.23 Å². The Morgan fingerprint density at radius 2 is 1.94 bits per heavy atom. The van der Waals surface area contributed by atoms with E-state index >= 15 is 0 Å². The van der Waals surface area contributed by atoms with E-state index in [1.54, 1.807) is 25.5 Å². The van der Waals surface area contributed by atoms with Gasteiger partial charge in [0.1, 0.15) is 0 Å². The van der Waals surface area contributed by atoms with Gasteiger partial charge < -0.3 is 25.1 Å². The van der Waals surface area contributed by atoms with Crippen LogP contribution in [0.1, 0.15) is 12.1 Å². The van der Waals surface area contributed by atoms with Crippen LogP contribution in [0, 0.1) is 0 Å². The van der Waals surface area contributed by atoms with Crippen molar-refractivity contribution in [2.45, 2.75) is 6.23 Å². The molecular weight excluding hydrogens is 400 g/mol. The van der Waals surface area contributed by atoms with Crippen molar-refractivity contribution in [2.75, 3.05) is 36.4 Å². The maximum Gasteiger partial charge on any atom is 0.337 e. The van der Waals surface area contributed by atoms with Gasteiger partial charge in [0, 0.05) is 39.4 Å². The molecule has 3 aromatic heterocycles. The first kappa shape index (κ1) is 19.3. The number of aliphatic hydroxyl groups excluding tert-OH is 1. The highest BCUT2D eigenvalue weighted by molar-refractivity contribution is 5.77. The molecule has 1 fully saturated rings. The fraction of sp³-hybridized carbons (Fsp3) is 0.300. The molecule has 1 unspecified atom stereocenters. The number of anilines is 2. The van der Waals surface area contributed by atoms with Gasteiger partial charge in [-0.2, -0.15) is 0 Å². The van der Waals surface area contributed by atoms with E-state index in [4.69, 9.17) is 4.42 Å². The Morgan fingerprint density at radius 1 is 1.16 bits per heavy atom. The number of hydrogen-bond donors (Lipinski definition) is 3. The smallest absolute Gasteiger partial charge is 0.337 e. The second-order valence-electron chi connectivity index (χ2n) is 7.27. The summed E-state index contributed by atoms with van der Waals surface area (Å²) in [6, 6.07) is 9.20. The Hall–Kier alpha value is -3.70. The fourth-order valence-electron chi connectivity index (χ4n) is 3.79. The van der Waals surface area contributed by atoms with Gasteiger partial charge in [0.15, 0.2) is 0 Å². The summed E-state index contributed by atoms with van der Waals surface area (Å²) in [5.74, 6) is -0.0510. The van der Waals surface area contributed by atoms with Gasteiger partial charge in [0.25, 0.3) is 5.89 Å². The third-order valence-corrected chi connectivity index (χ3v) is 5.37. The number of nitrogens with one attached hydrogen (secondary N) is 2. The average Bonchev–Trinajstić information content (AvgIpc) is 3.38. The average molecular weight is 422 g/mol. The summed E-state index contributed by atoms with van der Waals surface area (Å²) in [6.45, 7) is 3.47. The zero-order valence-electron chi connectivity index (χ0n) is 16.9. The van der Waals surface area contributed by atoms with Gasteiger partial charge >= 0.3 is 11.7 Å². The van der Waals surface area contributed by atoms with Gasteiger partial charge in [-0.15, -0.1) is 5.10 Å². The minimum Gasteiger partial charge on any atom is -0.402 e. The zero-order chi connectivity index (χ0) is 21.4. The first-order valence-electron chi connectivity index (χ1n) is 9.98. The van der Waals surface area contributed by atoms with Crippen LogP contribution in [-0.4, -0.2) is 55.6 Å². The van der Waals surface area contributed by atoms with Crippen LogP contribution in [0.25, 0.3) is 17.0 Å². The summed E-state index contributed by atoms with van der Waals surface area (Å²) >= 11 is 0. The molecule has 160 valence electrons. The van der Waals surface area contributed by atoms with E-state index in [2.05, 4.69) is 30.7 Å². The number of aryl methyl sites for hydroxylation is 1. The SMILES string of the molecule is Cn1c(=O)n(-c2nnc(C(O)Nc3cnccc3N3CCNCC3)o2)c2ccccc21. The number of pyridine rings is 1. The predicted molar refractivity (Wildman–Crippen MR) is 114 cm³/mol. The second-order valence-corrected chi connectivity index (χ2v) is 7.27. The van der Waals surface area contributed by atoms with Gasteiger partial charge in [0.2, 0.25) is 6.23 Å². The predicted octanol–water partition coefficient (Wildman–Crippen LogP) is 0.620. The van der Waals surface area contributed by atoms with Crippen LogP contribution in [0.3, 0.4) is 0 Å². The monoisotopic (exact) mass is 422 g/mol. The molecule has 1 aliphatic heterocycles. The highest BCUT2D eigenvalue weighted by atomic mass is 16.4. The summed E-state index contributed by atoms with van der Waals surface area (Å²) in [7, 11) is 1.68. The zero-order valence-corrected chi connectivity index (χ0v) is 16.9. The largest absolute Gasteiger partial charge is 0.402 e. The van der Waals surface area contributed by atoms with Crippen molar-refractivity contribution in [3.8, 4) is 6.01 Å². The fourth-order valence-corrected chi connectivity index (χ4v) is 3.79. The van der Waals surface area contributed by atoms with Crippen LogP contribution < -0.4 is 21.2 Å². The molecule has 11 nitrogen and oxygen atoms in total. The van der Waals surface area contributed by atoms with Crippen molar-refractivity contribution in [2.24, 2.45) is 7.05 Å². The van der Waals surface area contributed by atoms with Crippen LogP contribution >= 0.6 is 0 Å². The Morgan fingerprint density at radius 3 is 2.74 bits per heavy atom. The number of aromatic nitrogens is 5. The molecule has 1 aliphatic rings. The summed E-state index contributed by atoms with van der Waals surface area (Å²) < 4.78 is 8.49. The number of fused-ring (bicyclic) bond motifs is 1. The molecule has 11 heteroatoms. The van der Waals surface area contributed by atoms with Gasteiger partial charge in [0.05, 0.1) is 28.6 Å². The van der Waals surface area contributed by atoms with E-state index in [0.717, 1.165) is 37.4 Å². The van der Waals surface area contributed by atoms with Crippen molar-refractivity contribution in [1.82, 2.24) is 29.6 Å². The van der Waals surface area contributed by atoms with E-state index in [1.807, 2.05) is 24.3 Å². The van der Waals surface area contributed by atoms with E-state index in [9.17, 15) is 9.90 Å². The van der Waals surface area contributed by atoms with Crippen LogP contribution in [0.15, 0.2) is 51.9 Å². The topological polar surface area (TPSA) is 126 Å².